The quantitative estimate of drug-likeness (QED) is 0.0420. The molecular formula is C62H59BrFN17O4S2. The van der Waals surface area contributed by atoms with Gasteiger partial charge in [-0.3, -0.25) is 34.7 Å². The van der Waals surface area contributed by atoms with Crippen LogP contribution < -0.4 is 14.9 Å². The lowest BCUT2D eigenvalue weighted by Crippen LogP contribution is -2.10. The molecule has 0 amide bonds. The van der Waals surface area contributed by atoms with E-state index in [-0.39, 0.29) is 5.82 Å². The van der Waals surface area contributed by atoms with Gasteiger partial charge in [-0.15, -0.1) is 38.3 Å². The van der Waals surface area contributed by atoms with Gasteiger partial charge < -0.3 is 28.8 Å². The van der Waals surface area contributed by atoms with Crippen molar-refractivity contribution in [3.8, 4) is 59.0 Å². The molecule has 9 aromatic rings. The van der Waals surface area contributed by atoms with Crippen molar-refractivity contribution in [3.63, 3.8) is 0 Å². The minimum Gasteiger partial charge on any atom is -0.497 e. The zero-order valence-electron chi connectivity index (χ0n) is 48.1. The van der Waals surface area contributed by atoms with E-state index in [1.54, 1.807) is 117 Å². The first-order valence-corrected chi connectivity index (χ1v) is 28.6. The van der Waals surface area contributed by atoms with Crippen LogP contribution in [0.1, 0.15) is 60.6 Å². The number of aliphatic hydroxyl groups excluding tert-OH is 1. The molecule has 2 aromatic carbocycles. The summed E-state index contributed by atoms with van der Waals surface area (Å²) in [5.74, 6) is 8.65. The molecule has 10 heterocycles. The molecule has 0 spiro atoms. The van der Waals surface area contributed by atoms with E-state index in [0.29, 0.717) is 30.0 Å². The summed E-state index contributed by atoms with van der Waals surface area (Å²) in [7, 11) is 2.27. The van der Waals surface area contributed by atoms with Crippen LogP contribution in [0, 0.1) is 24.7 Å². The Kier molecular flexibility index (Phi) is 27.8. The van der Waals surface area contributed by atoms with Gasteiger partial charge in [-0.1, -0.05) is 76.0 Å². The highest BCUT2D eigenvalue weighted by Crippen LogP contribution is 2.24. The summed E-state index contributed by atoms with van der Waals surface area (Å²) in [5, 5.41) is 56.9. The van der Waals surface area contributed by atoms with E-state index in [1.165, 1.54) is 5.56 Å². The Bertz CT molecular complexity index is 3780. The third kappa shape index (κ3) is 21.6. The summed E-state index contributed by atoms with van der Waals surface area (Å²) in [6, 6.07) is 34.5. The number of nitrogens with zero attached hydrogens (tertiary/aromatic N) is 16. The summed E-state index contributed by atoms with van der Waals surface area (Å²) in [4.78, 5) is 20.6. The molecule has 3 aliphatic rings. The van der Waals surface area contributed by atoms with E-state index in [0.717, 1.165) is 97.1 Å². The molecule has 0 bridgehead atoms. The van der Waals surface area contributed by atoms with E-state index in [4.69, 9.17) is 35.9 Å². The minimum absolute atomic E-state index is 0.0904. The van der Waals surface area contributed by atoms with E-state index in [2.05, 4.69) is 104 Å². The Labute approximate surface area is 522 Å². The van der Waals surface area contributed by atoms with E-state index in [9.17, 15) is 14.6 Å². The SMILES string of the molecule is C#CCBr.C#CCSC1=NN=C(c2ccncc2)C1.C1=NN=C(c2ccncc2)C1.COc1ccc(Cn2c(-c3ccncc3)nnc2C(O)O)cc1.COc1ccc(Cn2cnnc2-c2ccncc2)cc1.S=C1CC(c2ccncc2)=NN1.[2H]CF. The lowest BCUT2D eigenvalue weighted by molar-refractivity contribution is -0.0518. The molecule has 0 fully saturated rings. The molecule has 3 aliphatic heterocycles. The number of thiocarbonyl (C=S) groups is 1. The second-order valence-electron chi connectivity index (χ2n) is 17.4. The third-order valence-corrected chi connectivity index (χ3v) is 13.2. The predicted molar refractivity (Wildman–Crippen MR) is 347 cm³/mol. The van der Waals surface area contributed by atoms with Crippen molar-refractivity contribution >= 4 is 73.3 Å². The van der Waals surface area contributed by atoms with Crippen molar-refractivity contribution in [2.45, 2.75) is 38.6 Å². The molecule has 7 aromatic heterocycles. The number of benzene rings is 2. The monoisotopic (exact) mass is 1270 g/mol. The number of terminal acetylenes is 2. The molecule has 0 radical (unpaired) electrons. The number of thioether (sulfide) groups is 1. The number of hydrazone groups is 1. The molecule has 0 saturated heterocycles. The fourth-order valence-electron chi connectivity index (χ4n) is 7.62. The van der Waals surface area contributed by atoms with Gasteiger partial charge in [-0.25, -0.2) is 0 Å². The molecule has 3 N–H and O–H groups in total. The Morgan fingerprint density at radius 2 is 1.13 bits per heavy atom. The number of ether oxygens (including phenoxy) is 2. The number of halogens is 2. The van der Waals surface area contributed by atoms with Crippen LogP contribution in [-0.4, -0.2) is 130 Å². The normalized spacial score (nSPS) is 12.3. The fraction of sp³-hybridized carbons (Fsp3) is 0.177. The van der Waals surface area contributed by atoms with Gasteiger partial charge in [0, 0.05) is 115 Å². The lowest BCUT2D eigenvalue weighted by Gasteiger charge is -2.12. The third-order valence-electron chi connectivity index (χ3n) is 11.7. The van der Waals surface area contributed by atoms with Crippen molar-refractivity contribution in [3.05, 3.63) is 211 Å². The number of hydrogen-bond acceptors (Lipinski definition) is 20. The minimum atomic E-state index is -1.70. The topological polar surface area (TPSA) is 259 Å². The van der Waals surface area contributed by atoms with Gasteiger partial charge in [-0.2, -0.15) is 20.4 Å². The molecule has 442 valence electrons. The number of nitrogens with one attached hydrogen (secondary N) is 1. The van der Waals surface area contributed by atoms with E-state index in [1.807, 2.05) is 102 Å². The maximum Gasteiger partial charge on any atom is 0.214 e. The first kappa shape index (κ1) is 64.7. The zero-order chi connectivity index (χ0) is 62.6. The van der Waals surface area contributed by atoms with Gasteiger partial charge in [0.05, 0.1) is 64.1 Å². The number of pyridine rings is 5. The highest BCUT2D eigenvalue weighted by molar-refractivity contribution is 9.09. The van der Waals surface area contributed by atoms with E-state index < -0.39 is 13.4 Å². The number of aromatic nitrogens is 11. The van der Waals surface area contributed by atoms with Crippen LogP contribution in [-0.2, 0) is 13.1 Å². The van der Waals surface area contributed by atoms with Gasteiger partial charge in [0.1, 0.15) is 27.9 Å². The Morgan fingerprint density at radius 1 is 0.644 bits per heavy atom. The average Bonchev–Trinajstić information content (AvgIpc) is 3.34. The van der Waals surface area contributed by atoms with Gasteiger partial charge in [0.15, 0.2) is 17.5 Å². The summed E-state index contributed by atoms with van der Waals surface area (Å²) in [5.41, 5.74) is 13.0. The molecule has 25 heteroatoms. The summed E-state index contributed by atoms with van der Waals surface area (Å²) in [6.45, 7) is 1.12. The standard InChI is InChI=1S/C16H16N4O3.C15H14N4O.C11H9N3S.C8H7N3S.C8H7N3.C3H3Br.CH3F/c1-23-13-4-2-11(3-5-13)10-20-14(12-6-8-17-9-7-12)18-19-15(20)16(21)22;1-20-14-4-2-12(3-5-14)10-19-11-17-18-15(19)13-6-8-16-9-7-13;1-2-7-15-11-8-10(13-14-11)9-3-5-12-6-4-9;12-8-5-7(10-11-8)6-1-3-9-4-2-6;1-4-9-5-2-7(1)8-3-6-10-11-8;1-2-3-4;1-2/h2-9,16,21-22H,10H2,1H3;2-9,11H,10H2,1H3;1,3-6H,7-8H2;1-4H,5H2,(H,11,12);1-2,4-6H,3H2;1H,3H2;1H3/i;;;;;;1D. The first-order valence-electron chi connectivity index (χ1n) is 26.7. The number of aliphatic hydroxyl groups is 2. The smallest absolute Gasteiger partial charge is 0.214 e. The number of rotatable bonds is 13. The second-order valence-corrected chi connectivity index (χ2v) is 19.5. The molecule has 0 unspecified atom stereocenters. The predicted octanol–water partition coefficient (Wildman–Crippen LogP) is 9.70. The highest BCUT2D eigenvalue weighted by atomic mass is 79.9. The molecule has 0 saturated carbocycles. The molecule has 21 nitrogen and oxygen atoms in total. The zero-order valence-corrected chi connectivity index (χ0v) is 50.4. The number of methoxy groups -OCH3 is 2. The van der Waals surface area contributed by atoms with Crippen LogP contribution in [0.3, 0.4) is 0 Å². The van der Waals surface area contributed by atoms with Crippen molar-refractivity contribution in [2.75, 3.05) is 32.5 Å². The Hall–Kier alpha value is -9.89. The summed E-state index contributed by atoms with van der Waals surface area (Å²) < 4.78 is 29.5. The van der Waals surface area contributed by atoms with Crippen LogP contribution in [0.25, 0.3) is 22.8 Å². The summed E-state index contributed by atoms with van der Waals surface area (Å²) >= 11 is 9.53. The Morgan fingerprint density at radius 3 is 1.57 bits per heavy atom. The maximum atomic E-state index is 9.96. The first-order chi connectivity index (χ1) is 43.1. The highest BCUT2D eigenvalue weighted by Gasteiger charge is 2.19. The second kappa shape index (κ2) is 37.4. The maximum absolute atomic E-state index is 9.96. The molecule has 87 heavy (non-hydrogen) atoms. The van der Waals surface area contributed by atoms with Crippen molar-refractivity contribution < 1.29 is 25.4 Å². The molecule has 0 atom stereocenters. The van der Waals surface area contributed by atoms with Crippen LogP contribution in [0.15, 0.2) is 203 Å². The lowest BCUT2D eigenvalue weighted by atomic mass is 10.1. The van der Waals surface area contributed by atoms with Crippen LogP contribution in [0.2, 0.25) is 0 Å². The van der Waals surface area contributed by atoms with Gasteiger partial charge >= 0.3 is 0 Å². The molecule has 12 rings (SSSR count). The van der Waals surface area contributed by atoms with Crippen molar-refractivity contribution in [2.24, 2.45) is 25.5 Å². The molecular weight excluding hydrogens is 1210 g/mol. The summed E-state index contributed by atoms with van der Waals surface area (Å²) in [6.07, 6.45) is 31.4. The number of alkyl halides is 2. The van der Waals surface area contributed by atoms with Gasteiger partial charge in [-0.05, 0) is 96.1 Å². The largest absolute Gasteiger partial charge is 0.497 e. The molecule has 0 aliphatic carbocycles. The van der Waals surface area contributed by atoms with Gasteiger partial charge in [0.2, 0.25) is 6.29 Å². The number of hydrogen-bond donors (Lipinski definition) is 3. The Balaban J connectivity index is 0.000000175. The van der Waals surface area contributed by atoms with Crippen molar-refractivity contribution in [1.82, 2.24) is 59.9 Å². The van der Waals surface area contributed by atoms with E-state index >= 15 is 0 Å². The van der Waals surface area contributed by atoms with Gasteiger partial charge in [0.25, 0.3) is 0 Å². The van der Waals surface area contributed by atoms with Crippen LogP contribution in [0.4, 0.5) is 4.39 Å². The van der Waals surface area contributed by atoms with Crippen LogP contribution >= 0.6 is 39.9 Å². The fourth-order valence-corrected chi connectivity index (χ4v) is 8.39. The van der Waals surface area contributed by atoms with Crippen molar-refractivity contribution in [1.29, 1.82) is 0 Å². The average molecular weight is 1270 g/mol. The van der Waals surface area contributed by atoms with Crippen LogP contribution in [0.5, 0.6) is 11.5 Å².